The second-order valence-corrected chi connectivity index (χ2v) is 7.20. The second kappa shape index (κ2) is 7.94. The fourth-order valence-electron chi connectivity index (χ4n) is 2.65. The Hall–Kier alpha value is -3.36. The number of fused-ring (bicyclic) bond motifs is 1. The monoisotopic (exact) mass is 425 g/mol. The minimum atomic E-state index is -0.491. The summed E-state index contributed by atoms with van der Waals surface area (Å²) in [5, 5.41) is 8.89. The number of carbonyl (C=O) groups is 1. The second-order valence-electron chi connectivity index (χ2n) is 5.94. The van der Waals surface area contributed by atoms with Gasteiger partial charge in [-0.05, 0) is 36.4 Å². The molecule has 6 nitrogen and oxygen atoms in total. The Labute approximate surface area is 174 Å². The predicted molar refractivity (Wildman–Crippen MR) is 114 cm³/mol. The van der Waals surface area contributed by atoms with Crippen molar-refractivity contribution in [2.45, 2.75) is 0 Å². The normalized spacial score (nSPS) is 10.7. The number of thiazole rings is 1. The maximum Gasteiger partial charge on any atom is 0.249 e. The molecule has 0 aliphatic heterocycles. The summed E-state index contributed by atoms with van der Waals surface area (Å²) in [4.78, 5) is 24.5. The van der Waals surface area contributed by atoms with E-state index in [2.05, 4.69) is 32.2 Å². The molecule has 4 rings (SSSR count). The molecule has 2 heterocycles. The van der Waals surface area contributed by atoms with Gasteiger partial charge in [-0.15, -0.1) is 11.3 Å². The zero-order chi connectivity index (χ0) is 20.4. The minimum absolute atomic E-state index is 0.0191. The molecule has 2 aromatic heterocycles. The summed E-state index contributed by atoms with van der Waals surface area (Å²) in [6.07, 6.45) is 2.63. The van der Waals surface area contributed by atoms with Crippen molar-refractivity contribution in [3.05, 3.63) is 71.6 Å². The third-order valence-electron chi connectivity index (χ3n) is 4.03. The van der Waals surface area contributed by atoms with Gasteiger partial charge in [-0.25, -0.2) is 19.3 Å². The average molecular weight is 426 g/mol. The van der Waals surface area contributed by atoms with Crippen LogP contribution in [0.25, 0.3) is 22.2 Å². The van der Waals surface area contributed by atoms with Crippen molar-refractivity contribution >= 4 is 56.4 Å². The molecule has 0 spiro atoms. The van der Waals surface area contributed by atoms with Gasteiger partial charge in [-0.1, -0.05) is 24.2 Å². The van der Waals surface area contributed by atoms with E-state index in [0.29, 0.717) is 22.3 Å². The van der Waals surface area contributed by atoms with Gasteiger partial charge < -0.3 is 5.32 Å². The molecule has 29 heavy (non-hydrogen) atoms. The highest BCUT2D eigenvalue weighted by atomic mass is 35.5. The molecular formula is C20H13ClFN5OS. The molecule has 1 amide bonds. The van der Waals surface area contributed by atoms with Crippen molar-refractivity contribution in [3.8, 4) is 11.3 Å². The number of nitrogens with one attached hydrogen (secondary N) is 2. The third kappa shape index (κ3) is 4.08. The highest BCUT2D eigenvalue weighted by molar-refractivity contribution is 7.14. The Kier molecular flexibility index (Phi) is 5.20. The van der Waals surface area contributed by atoms with Crippen molar-refractivity contribution in [1.82, 2.24) is 15.0 Å². The molecule has 0 atom stereocenters. The van der Waals surface area contributed by atoms with Crippen LogP contribution in [0.3, 0.4) is 0 Å². The summed E-state index contributed by atoms with van der Waals surface area (Å²) < 4.78 is 13.4. The molecule has 0 unspecified atom stereocenters. The lowest BCUT2D eigenvalue weighted by molar-refractivity contribution is -0.111. The Morgan fingerprint density at radius 2 is 2.07 bits per heavy atom. The Balaban J connectivity index is 1.69. The van der Waals surface area contributed by atoms with Crippen LogP contribution in [-0.2, 0) is 4.79 Å². The summed E-state index contributed by atoms with van der Waals surface area (Å²) in [6.45, 7) is 3.43. The van der Waals surface area contributed by atoms with Crippen molar-refractivity contribution in [2.75, 3.05) is 10.6 Å². The smallest absolute Gasteiger partial charge is 0.249 e. The average Bonchev–Trinajstić information content (AvgIpc) is 3.19. The molecule has 4 aromatic rings. The van der Waals surface area contributed by atoms with Gasteiger partial charge in [0.05, 0.1) is 16.2 Å². The van der Waals surface area contributed by atoms with Gasteiger partial charge in [0.15, 0.2) is 5.13 Å². The highest BCUT2D eigenvalue weighted by Gasteiger charge is 2.11. The van der Waals surface area contributed by atoms with Crippen LogP contribution in [0.1, 0.15) is 0 Å². The van der Waals surface area contributed by atoms with Crippen molar-refractivity contribution < 1.29 is 9.18 Å². The molecule has 144 valence electrons. The Morgan fingerprint density at radius 1 is 1.21 bits per heavy atom. The Bertz CT molecular complexity index is 1240. The van der Waals surface area contributed by atoms with Gasteiger partial charge in [-0.2, -0.15) is 0 Å². The number of benzene rings is 2. The van der Waals surface area contributed by atoms with Crippen LogP contribution in [0.4, 0.5) is 21.0 Å². The maximum atomic E-state index is 13.4. The number of amides is 1. The topological polar surface area (TPSA) is 79.8 Å². The molecule has 9 heteroatoms. The standard InChI is InChI=1S/C20H13ClFN5OS/c1-2-18(28)27-20-26-17(9-29-20)11-3-6-16-13(7-11)19(24-10-23-16)25-12-4-5-15(22)14(21)8-12/h2-10H,1H2,(H,23,24,25)(H,26,27,28). The zero-order valence-electron chi connectivity index (χ0n) is 14.8. The number of halogens is 2. The lowest BCUT2D eigenvalue weighted by Gasteiger charge is -2.10. The van der Waals surface area contributed by atoms with Crippen LogP contribution < -0.4 is 10.6 Å². The molecule has 0 bridgehead atoms. The first-order valence-electron chi connectivity index (χ1n) is 8.39. The largest absolute Gasteiger partial charge is 0.340 e. The molecule has 0 aliphatic rings. The number of aromatic nitrogens is 3. The van der Waals surface area contributed by atoms with E-state index in [1.807, 2.05) is 23.6 Å². The molecule has 0 fully saturated rings. The maximum absolute atomic E-state index is 13.4. The van der Waals surface area contributed by atoms with Gasteiger partial charge in [0.1, 0.15) is 18.0 Å². The first kappa shape index (κ1) is 19.0. The van der Waals surface area contributed by atoms with Crippen molar-refractivity contribution in [1.29, 1.82) is 0 Å². The molecule has 0 saturated heterocycles. The summed E-state index contributed by atoms with van der Waals surface area (Å²) in [7, 11) is 0. The highest BCUT2D eigenvalue weighted by Crippen LogP contribution is 2.31. The van der Waals surface area contributed by atoms with Crippen LogP contribution in [0.2, 0.25) is 5.02 Å². The molecule has 0 saturated carbocycles. The quantitative estimate of drug-likeness (QED) is 0.418. The predicted octanol–water partition coefficient (Wildman–Crippen LogP) is 5.41. The van der Waals surface area contributed by atoms with E-state index in [-0.39, 0.29) is 10.9 Å². The number of carbonyl (C=O) groups excluding carboxylic acids is 1. The van der Waals surface area contributed by atoms with Gasteiger partial charge >= 0.3 is 0 Å². The number of nitrogens with zero attached hydrogens (tertiary/aromatic N) is 3. The van der Waals surface area contributed by atoms with Crippen LogP contribution in [-0.4, -0.2) is 20.9 Å². The van der Waals surface area contributed by atoms with Gasteiger partial charge in [-0.3, -0.25) is 10.1 Å². The lowest BCUT2D eigenvalue weighted by atomic mass is 10.1. The summed E-state index contributed by atoms with van der Waals surface area (Å²) in [5.41, 5.74) is 2.87. The van der Waals surface area contributed by atoms with Crippen molar-refractivity contribution in [3.63, 3.8) is 0 Å². The number of anilines is 3. The van der Waals surface area contributed by atoms with Crippen LogP contribution in [0, 0.1) is 5.82 Å². The van der Waals surface area contributed by atoms with Crippen LogP contribution >= 0.6 is 22.9 Å². The fourth-order valence-corrected chi connectivity index (χ4v) is 3.55. The number of hydrogen-bond donors (Lipinski definition) is 2. The zero-order valence-corrected chi connectivity index (χ0v) is 16.4. The van der Waals surface area contributed by atoms with E-state index >= 15 is 0 Å². The Morgan fingerprint density at radius 3 is 2.86 bits per heavy atom. The van der Waals surface area contributed by atoms with Gasteiger partial charge in [0, 0.05) is 22.0 Å². The van der Waals surface area contributed by atoms with Gasteiger partial charge in [0.25, 0.3) is 0 Å². The number of hydrogen-bond acceptors (Lipinski definition) is 6. The third-order valence-corrected chi connectivity index (χ3v) is 5.08. The fraction of sp³-hybridized carbons (Fsp3) is 0. The van der Waals surface area contributed by atoms with E-state index in [9.17, 15) is 9.18 Å². The molecule has 2 N–H and O–H groups in total. The lowest BCUT2D eigenvalue weighted by Crippen LogP contribution is -2.06. The molecule has 2 aromatic carbocycles. The van der Waals surface area contributed by atoms with Crippen LogP contribution in [0.5, 0.6) is 0 Å². The van der Waals surface area contributed by atoms with E-state index in [1.54, 1.807) is 6.07 Å². The number of rotatable bonds is 5. The van der Waals surface area contributed by atoms with E-state index in [0.717, 1.165) is 16.5 Å². The first-order chi connectivity index (χ1) is 14.0. The van der Waals surface area contributed by atoms with E-state index in [4.69, 9.17) is 11.6 Å². The molecule has 0 radical (unpaired) electrons. The summed E-state index contributed by atoms with van der Waals surface area (Å²) in [5.74, 6) is -0.257. The molecule has 0 aliphatic carbocycles. The van der Waals surface area contributed by atoms with Gasteiger partial charge in [0.2, 0.25) is 5.91 Å². The SMILES string of the molecule is C=CC(=O)Nc1nc(-c2ccc3ncnc(Nc4ccc(F)c(Cl)c4)c3c2)cs1. The van der Waals surface area contributed by atoms with Crippen molar-refractivity contribution in [2.24, 2.45) is 0 Å². The minimum Gasteiger partial charge on any atom is -0.340 e. The first-order valence-corrected chi connectivity index (χ1v) is 9.65. The molecular weight excluding hydrogens is 413 g/mol. The van der Waals surface area contributed by atoms with E-state index in [1.165, 1.54) is 35.9 Å². The van der Waals surface area contributed by atoms with Crippen LogP contribution in [0.15, 0.2) is 60.8 Å². The van der Waals surface area contributed by atoms with E-state index < -0.39 is 5.82 Å². The summed E-state index contributed by atoms with van der Waals surface area (Å²) in [6, 6.07) is 10.0. The summed E-state index contributed by atoms with van der Waals surface area (Å²) >= 11 is 7.18.